The van der Waals surface area contributed by atoms with Gasteiger partial charge in [0, 0.05) is 56.1 Å². The molecule has 2 atom stereocenters. The Bertz CT molecular complexity index is 911. The highest BCUT2D eigenvalue weighted by atomic mass is 32.2. The molecule has 1 saturated heterocycles. The van der Waals surface area contributed by atoms with Crippen LogP contribution in [-0.4, -0.2) is 78.1 Å². The van der Waals surface area contributed by atoms with Crippen LogP contribution in [0, 0.1) is 0 Å². The lowest BCUT2D eigenvalue weighted by Gasteiger charge is -2.29. The number of allylic oxidation sites excluding steroid dienone is 3. The number of hydrogen-bond donors (Lipinski definition) is 1. The number of hydrogen-bond acceptors (Lipinski definition) is 6. The fraction of sp³-hybridized carbons (Fsp3) is 0.577. The third kappa shape index (κ3) is 8.14. The van der Waals surface area contributed by atoms with Crippen LogP contribution >= 0.6 is 11.8 Å². The molecule has 2 rings (SSSR count). The number of amidine groups is 1. The molecule has 0 bridgehead atoms. The molecule has 1 amide bonds. The molecule has 0 radical (unpaired) electrons. The van der Waals surface area contributed by atoms with Gasteiger partial charge in [0.15, 0.2) is 0 Å². The lowest BCUT2D eigenvalue weighted by molar-refractivity contribution is -0.132. The lowest BCUT2D eigenvalue weighted by atomic mass is 10.0. The van der Waals surface area contributed by atoms with Gasteiger partial charge in [0.25, 0.3) is 0 Å². The average molecular weight is 509 g/mol. The van der Waals surface area contributed by atoms with Crippen molar-refractivity contribution in [3.8, 4) is 0 Å². The van der Waals surface area contributed by atoms with E-state index < -0.39 is 12.5 Å². The minimum absolute atomic E-state index is 0.00559. The predicted octanol–water partition coefficient (Wildman–Crippen LogP) is 5.19. The molecule has 194 valence electrons. The Morgan fingerprint density at radius 1 is 1.43 bits per heavy atom. The monoisotopic (exact) mass is 508 g/mol. The van der Waals surface area contributed by atoms with Gasteiger partial charge in [0.2, 0.25) is 12.3 Å². The van der Waals surface area contributed by atoms with E-state index in [2.05, 4.69) is 16.5 Å². The summed E-state index contributed by atoms with van der Waals surface area (Å²) in [4.78, 5) is 26.7. The number of halogens is 2. The average Bonchev–Trinajstić information content (AvgIpc) is 3.28. The highest BCUT2D eigenvalue weighted by Gasteiger charge is 2.38. The topological polar surface area (TPSA) is 68.5 Å². The van der Waals surface area contributed by atoms with Gasteiger partial charge in [-0.25, -0.2) is 8.78 Å². The maximum Gasteiger partial charge on any atom is 0.242 e. The summed E-state index contributed by atoms with van der Waals surface area (Å²) in [6.45, 7) is 9.06. The van der Waals surface area contributed by atoms with Crippen LogP contribution in [0.2, 0.25) is 0 Å². The van der Waals surface area contributed by atoms with E-state index in [1.807, 2.05) is 25.3 Å². The predicted molar refractivity (Wildman–Crippen MR) is 142 cm³/mol. The van der Waals surface area contributed by atoms with Crippen molar-refractivity contribution in [2.24, 2.45) is 9.98 Å². The molecule has 2 heterocycles. The van der Waals surface area contributed by atoms with E-state index in [4.69, 9.17) is 4.99 Å². The van der Waals surface area contributed by atoms with Crippen molar-refractivity contribution in [1.82, 2.24) is 9.80 Å². The first-order valence-corrected chi connectivity index (χ1v) is 13.0. The standard InChI is InChI=1S/C26H38F2N4O2S/c1-6-9-20(33)12-13-25(34)31(5)19-15-23-21(22(29-4)10-8-11-24(27)28)16-30-26(32(23)17-19)18(3)35-14-7-2/h7-8,10,14,19-20,24,33H,3,6,9,11-13,15-17H2,1-2,4-5H3/b10-8-,14-7-,29-22?. The second-order valence-corrected chi connectivity index (χ2v) is 9.67. The highest BCUT2D eigenvalue weighted by Crippen LogP contribution is 2.35. The fourth-order valence-electron chi connectivity index (χ4n) is 4.22. The first-order chi connectivity index (χ1) is 16.7. The van der Waals surface area contributed by atoms with E-state index in [1.54, 1.807) is 25.1 Å². The van der Waals surface area contributed by atoms with Crippen molar-refractivity contribution in [2.75, 3.05) is 27.2 Å². The smallest absolute Gasteiger partial charge is 0.242 e. The van der Waals surface area contributed by atoms with Crippen LogP contribution in [-0.2, 0) is 4.79 Å². The van der Waals surface area contributed by atoms with E-state index >= 15 is 0 Å². The molecule has 2 aliphatic heterocycles. The van der Waals surface area contributed by atoms with Crippen molar-refractivity contribution in [3.05, 3.63) is 46.4 Å². The van der Waals surface area contributed by atoms with Crippen LogP contribution in [0.3, 0.4) is 0 Å². The molecule has 0 spiro atoms. The van der Waals surface area contributed by atoms with E-state index in [0.29, 0.717) is 44.5 Å². The molecule has 0 aromatic carbocycles. The molecule has 2 unspecified atom stereocenters. The molecular weight excluding hydrogens is 470 g/mol. The largest absolute Gasteiger partial charge is 0.393 e. The van der Waals surface area contributed by atoms with Crippen molar-refractivity contribution < 1.29 is 18.7 Å². The molecule has 6 nitrogen and oxygen atoms in total. The van der Waals surface area contributed by atoms with Crippen LogP contribution < -0.4 is 0 Å². The Morgan fingerprint density at radius 3 is 2.80 bits per heavy atom. The summed E-state index contributed by atoms with van der Waals surface area (Å²) < 4.78 is 25.3. The minimum Gasteiger partial charge on any atom is -0.393 e. The SMILES string of the molecule is C=C(S/C=C\C)C1=NCC(C(/C=C\CC(F)F)=NC)=C2CC(N(C)C(=O)CCC(O)CCC)CN12. The highest BCUT2D eigenvalue weighted by molar-refractivity contribution is 8.06. The number of aliphatic imine (C=N–C) groups is 2. The molecule has 1 fully saturated rings. The first-order valence-electron chi connectivity index (χ1n) is 12.1. The van der Waals surface area contributed by atoms with Gasteiger partial charge < -0.3 is 14.9 Å². The number of rotatable bonds is 13. The van der Waals surface area contributed by atoms with Crippen molar-refractivity contribution in [3.63, 3.8) is 0 Å². The van der Waals surface area contributed by atoms with E-state index in [0.717, 1.165) is 28.4 Å². The van der Waals surface area contributed by atoms with Gasteiger partial charge >= 0.3 is 0 Å². The molecule has 0 saturated carbocycles. The first kappa shape index (κ1) is 29.0. The number of nitrogens with zero attached hydrogens (tertiary/aromatic N) is 4. The number of carbonyl (C=O) groups is 1. The third-order valence-corrected chi connectivity index (χ3v) is 7.00. The summed E-state index contributed by atoms with van der Waals surface area (Å²) in [5.41, 5.74) is 2.50. The second kappa shape index (κ2) is 14.3. The second-order valence-electron chi connectivity index (χ2n) is 8.67. The number of aliphatic hydroxyl groups excluding tert-OH is 1. The third-order valence-electron chi connectivity index (χ3n) is 6.13. The van der Waals surface area contributed by atoms with Gasteiger partial charge in [-0.2, -0.15) is 0 Å². The van der Waals surface area contributed by atoms with Crippen molar-refractivity contribution in [2.45, 2.75) is 70.9 Å². The number of amides is 1. The maximum absolute atomic E-state index is 12.9. The van der Waals surface area contributed by atoms with Gasteiger partial charge in [0.05, 0.1) is 24.4 Å². The Hall–Kier alpha value is -2.26. The van der Waals surface area contributed by atoms with Crippen molar-refractivity contribution >= 4 is 29.2 Å². The summed E-state index contributed by atoms with van der Waals surface area (Å²) in [7, 11) is 3.44. The molecular formula is C26H38F2N4O2S. The van der Waals surface area contributed by atoms with Gasteiger partial charge in [-0.3, -0.25) is 14.8 Å². The molecule has 0 aromatic rings. The zero-order valence-corrected chi connectivity index (χ0v) is 22.0. The number of likely N-dealkylation sites (N-methyl/N-ethyl adjacent to an activating group) is 1. The van der Waals surface area contributed by atoms with Gasteiger partial charge in [-0.1, -0.05) is 43.8 Å². The number of thioether (sulfide) groups is 1. The van der Waals surface area contributed by atoms with Gasteiger partial charge in [-0.05, 0) is 31.2 Å². The Kier molecular flexibility index (Phi) is 11.9. The summed E-state index contributed by atoms with van der Waals surface area (Å²) in [5.74, 6) is 0.759. The molecule has 0 aromatic heterocycles. The normalized spacial score (nSPS) is 19.7. The van der Waals surface area contributed by atoms with Crippen LogP contribution in [0.25, 0.3) is 0 Å². The molecule has 35 heavy (non-hydrogen) atoms. The van der Waals surface area contributed by atoms with Crippen LogP contribution in [0.15, 0.2) is 56.4 Å². The zero-order valence-electron chi connectivity index (χ0n) is 21.2. The summed E-state index contributed by atoms with van der Waals surface area (Å²) in [6, 6.07) is -0.0817. The number of alkyl halides is 2. The van der Waals surface area contributed by atoms with Gasteiger partial charge in [-0.15, -0.1) is 0 Å². The van der Waals surface area contributed by atoms with Gasteiger partial charge in [0.1, 0.15) is 5.84 Å². The minimum atomic E-state index is -2.41. The van der Waals surface area contributed by atoms with Crippen LogP contribution in [0.4, 0.5) is 8.78 Å². The molecule has 1 N–H and O–H groups in total. The van der Waals surface area contributed by atoms with E-state index in [-0.39, 0.29) is 18.4 Å². The van der Waals surface area contributed by atoms with E-state index in [1.165, 1.54) is 17.8 Å². The molecule has 2 aliphatic rings. The van der Waals surface area contributed by atoms with Crippen molar-refractivity contribution in [1.29, 1.82) is 0 Å². The Labute approximate surface area is 212 Å². The molecule has 9 heteroatoms. The van der Waals surface area contributed by atoms with Crippen LogP contribution in [0.1, 0.15) is 52.4 Å². The number of fused-ring (bicyclic) bond motifs is 1. The fourth-order valence-corrected chi connectivity index (χ4v) is 4.80. The quantitative estimate of drug-likeness (QED) is 0.348. The summed E-state index contributed by atoms with van der Waals surface area (Å²) in [5, 5.41) is 12.0. The number of carbonyl (C=O) groups excluding carboxylic acids is 1. The van der Waals surface area contributed by atoms with E-state index in [9.17, 15) is 18.7 Å². The Balaban J connectivity index is 2.28. The zero-order chi connectivity index (χ0) is 26.0. The maximum atomic E-state index is 12.9. The lowest BCUT2D eigenvalue weighted by Crippen LogP contribution is -2.40. The number of aliphatic hydroxyl groups is 1. The summed E-state index contributed by atoms with van der Waals surface area (Å²) in [6.07, 6.45) is 4.72. The van der Waals surface area contributed by atoms with Crippen LogP contribution in [0.5, 0.6) is 0 Å². The Morgan fingerprint density at radius 2 is 2.17 bits per heavy atom. The molecule has 0 aliphatic carbocycles. The summed E-state index contributed by atoms with van der Waals surface area (Å²) >= 11 is 1.49.